The van der Waals surface area contributed by atoms with Crippen LogP contribution in [-0.2, 0) is 33.6 Å². The van der Waals surface area contributed by atoms with Gasteiger partial charge in [-0.05, 0) is 79.4 Å². The summed E-state index contributed by atoms with van der Waals surface area (Å²) in [7, 11) is 3.31. The molecule has 2 atom stereocenters. The first-order valence-corrected chi connectivity index (χ1v) is 17.1. The van der Waals surface area contributed by atoms with Crippen molar-refractivity contribution in [1.82, 2.24) is 20.1 Å². The van der Waals surface area contributed by atoms with Crippen LogP contribution in [0, 0.1) is 0 Å². The second-order valence-electron chi connectivity index (χ2n) is 13.0. The van der Waals surface area contributed by atoms with Crippen molar-refractivity contribution in [1.29, 1.82) is 0 Å². The van der Waals surface area contributed by atoms with E-state index in [1.807, 2.05) is 92.9 Å². The largest absolute Gasteiger partial charge is 0.354 e. The molecule has 2 unspecified atom stereocenters. The Bertz CT molecular complexity index is 1650. The van der Waals surface area contributed by atoms with E-state index in [9.17, 15) is 14.4 Å². The second-order valence-corrected chi connectivity index (χ2v) is 14.1. The fourth-order valence-electron chi connectivity index (χ4n) is 5.72. The molecule has 0 fully saturated rings. The molecule has 8 nitrogen and oxygen atoms in total. The predicted molar refractivity (Wildman–Crippen MR) is 194 cm³/mol. The Kier molecular flexibility index (Phi) is 12.8. The summed E-state index contributed by atoms with van der Waals surface area (Å²) in [5.74, 6) is -0.843. The SMILES string of the molecule is C/C(=C\C(=O)N(C)C(Cc1ccc(-c2ccccc2)cc1)C(=O)N(C)C(Cc1cccs1)C(=O)NCCc1ccncc1)CC(C)(C)N. The molecule has 4 rings (SSSR count). The summed E-state index contributed by atoms with van der Waals surface area (Å²) >= 11 is 1.54. The van der Waals surface area contributed by atoms with Gasteiger partial charge in [-0.3, -0.25) is 19.4 Å². The lowest BCUT2D eigenvalue weighted by atomic mass is 9.96. The summed E-state index contributed by atoms with van der Waals surface area (Å²) in [4.78, 5) is 49.9. The highest BCUT2D eigenvalue weighted by Gasteiger charge is 2.35. The summed E-state index contributed by atoms with van der Waals surface area (Å²) in [6, 6.07) is 24.2. The van der Waals surface area contributed by atoms with Gasteiger partial charge in [-0.1, -0.05) is 66.2 Å². The van der Waals surface area contributed by atoms with E-state index >= 15 is 0 Å². The van der Waals surface area contributed by atoms with Crippen LogP contribution in [0.1, 0.15) is 43.2 Å². The fourth-order valence-corrected chi connectivity index (χ4v) is 6.47. The van der Waals surface area contributed by atoms with Crippen molar-refractivity contribution < 1.29 is 14.4 Å². The van der Waals surface area contributed by atoms with Gasteiger partial charge in [0.25, 0.3) is 0 Å². The average Bonchev–Trinajstić information content (AvgIpc) is 3.59. The molecule has 252 valence electrons. The van der Waals surface area contributed by atoms with E-state index in [-0.39, 0.29) is 24.1 Å². The van der Waals surface area contributed by atoms with Crippen LogP contribution in [0.4, 0.5) is 0 Å². The molecule has 3 N–H and O–H groups in total. The third kappa shape index (κ3) is 10.7. The van der Waals surface area contributed by atoms with Gasteiger partial charge in [0.2, 0.25) is 17.7 Å². The van der Waals surface area contributed by atoms with Crippen LogP contribution >= 0.6 is 11.3 Å². The number of likely N-dealkylation sites (N-methyl/N-ethyl adjacent to an activating group) is 2. The van der Waals surface area contributed by atoms with Crippen LogP contribution in [0.25, 0.3) is 11.1 Å². The topological polar surface area (TPSA) is 109 Å². The highest BCUT2D eigenvalue weighted by atomic mass is 32.1. The number of pyridine rings is 1. The first kappa shape index (κ1) is 36.2. The number of rotatable bonds is 15. The zero-order valence-electron chi connectivity index (χ0n) is 28.6. The van der Waals surface area contributed by atoms with E-state index in [2.05, 4.69) is 22.4 Å². The lowest BCUT2D eigenvalue weighted by molar-refractivity contribution is -0.146. The molecule has 0 aliphatic carbocycles. The molecule has 4 aromatic rings. The van der Waals surface area contributed by atoms with Gasteiger partial charge in [0, 0.05) is 62.4 Å². The molecule has 3 amide bonds. The smallest absolute Gasteiger partial charge is 0.246 e. The van der Waals surface area contributed by atoms with Crippen LogP contribution in [0.15, 0.2) is 108 Å². The Morgan fingerprint density at radius 2 is 1.52 bits per heavy atom. The molecule has 9 heteroatoms. The van der Waals surface area contributed by atoms with E-state index in [1.54, 1.807) is 43.9 Å². The van der Waals surface area contributed by atoms with E-state index < -0.39 is 17.6 Å². The number of nitrogens with one attached hydrogen (secondary N) is 1. The summed E-state index contributed by atoms with van der Waals surface area (Å²) in [6.07, 6.45) is 6.83. The highest BCUT2D eigenvalue weighted by molar-refractivity contribution is 7.09. The minimum atomic E-state index is -0.851. The Labute approximate surface area is 288 Å². The number of nitrogens with two attached hydrogens (primary N) is 1. The number of thiophene rings is 1. The van der Waals surface area contributed by atoms with Gasteiger partial charge in [0.05, 0.1) is 0 Å². The van der Waals surface area contributed by atoms with Crippen molar-refractivity contribution in [3.63, 3.8) is 0 Å². The lowest BCUT2D eigenvalue weighted by Crippen LogP contribution is -2.56. The normalized spacial score (nSPS) is 13.0. The molecular formula is C39H47N5O3S. The summed E-state index contributed by atoms with van der Waals surface area (Å²) in [5.41, 5.74) is 10.7. The molecule has 2 aromatic heterocycles. The van der Waals surface area contributed by atoms with Crippen LogP contribution < -0.4 is 11.1 Å². The maximum Gasteiger partial charge on any atom is 0.246 e. The van der Waals surface area contributed by atoms with Gasteiger partial charge in [0.1, 0.15) is 12.1 Å². The van der Waals surface area contributed by atoms with Crippen molar-refractivity contribution in [2.45, 2.75) is 64.1 Å². The van der Waals surface area contributed by atoms with Gasteiger partial charge < -0.3 is 20.9 Å². The van der Waals surface area contributed by atoms with Gasteiger partial charge in [-0.15, -0.1) is 11.3 Å². The van der Waals surface area contributed by atoms with Gasteiger partial charge in [0.15, 0.2) is 0 Å². The fraction of sp³-hybridized carbons (Fsp3) is 0.333. The number of aromatic nitrogens is 1. The van der Waals surface area contributed by atoms with Gasteiger partial charge >= 0.3 is 0 Å². The van der Waals surface area contributed by atoms with Gasteiger partial charge in [-0.2, -0.15) is 0 Å². The molecule has 0 aliphatic heterocycles. The molecule has 0 spiro atoms. The van der Waals surface area contributed by atoms with Gasteiger partial charge in [-0.25, -0.2) is 0 Å². The molecule has 0 aliphatic rings. The van der Waals surface area contributed by atoms with Crippen molar-refractivity contribution in [2.75, 3.05) is 20.6 Å². The average molecular weight is 666 g/mol. The van der Waals surface area contributed by atoms with Crippen LogP contribution in [-0.4, -0.2) is 70.8 Å². The predicted octanol–water partition coefficient (Wildman–Crippen LogP) is 5.68. The molecule has 0 saturated carbocycles. The number of carbonyl (C=O) groups excluding carboxylic acids is 3. The van der Waals surface area contributed by atoms with Crippen LogP contribution in [0.5, 0.6) is 0 Å². The lowest BCUT2D eigenvalue weighted by Gasteiger charge is -2.34. The van der Waals surface area contributed by atoms with Crippen molar-refractivity contribution >= 4 is 29.1 Å². The van der Waals surface area contributed by atoms with Crippen molar-refractivity contribution in [3.8, 4) is 11.1 Å². The summed E-state index contributed by atoms with van der Waals surface area (Å²) in [6.45, 7) is 6.12. The maximum absolute atomic E-state index is 14.5. The zero-order valence-corrected chi connectivity index (χ0v) is 29.4. The number of amides is 3. The third-order valence-electron chi connectivity index (χ3n) is 8.25. The number of hydrogen-bond acceptors (Lipinski definition) is 6. The standard InChI is InChI=1S/C39H47N5O3S/c1-28(27-39(2,3)40)24-36(45)43(4)35(25-30-13-15-32(16-14-30)31-10-7-6-8-11-31)38(47)44(5)34(26-33-12-9-23-48-33)37(46)42-22-19-29-17-20-41-21-18-29/h6-18,20-21,23-24,34-35H,19,22,25-27,40H2,1-5H3,(H,42,46)/b28-24+. The number of nitrogens with zero attached hydrogens (tertiary/aromatic N) is 3. The second kappa shape index (κ2) is 17.0. The third-order valence-corrected chi connectivity index (χ3v) is 9.15. The highest BCUT2D eigenvalue weighted by Crippen LogP contribution is 2.22. The number of benzene rings is 2. The zero-order chi connectivity index (χ0) is 34.7. The quantitative estimate of drug-likeness (QED) is 0.159. The van der Waals surface area contributed by atoms with Crippen molar-refractivity contribution in [3.05, 3.63) is 124 Å². The Morgan fingerprint density at radius 3 is 2.15 bits per heavy atom. The van der Waals surface area contributed by atoms with Crippen molar-refractivity contribution in [2.24, 2.45) is 5.73 Å². The molecule has 0 bridgehead atoms. The molecule has 48 heavy (non-hydrogen) atoms. The molecule has 0 radical (unpaired) electrons. The first-order chi connectivity index (χ1) is 22.9. The van der Waals surface area contributed by atoms with E-state index in [0.717, 1.165) is 32.7 Å². The first-order valence-electron chi connectivity index (χ1n) is 16.2. The molecule has 2 aromatic carbocycles. The minimum absolute atomic E-state index is 0.242. The molecule has 2 heterocycles. The number of hydrogen-bond donors (Lipinski definition) is 2. The van der Waals surface area contributed by atoms with Crippen LogP contribution in [0.2, 0.25) is 0 Å². The van der Waals surface area contributed by atoms with E-state index in [1.165, 1.54) is 9.80 Å². The Balaban J connectivity index is 1.60. The van der Waals surface area contributed by atoms with E-state index in [4.69, 9.17) is 5.73 Å². The summed E-state index contributed by atoms with van der Waals surface area (Å²) in [5, 5.41) is 5.00. The molecule has 0 saturated heterocycles. The van der Waals surface area contributed by atoms with E-state index in [0.29, 0.717) is 25.8 Å². The van der Waals surface area contributed by atoms with Crippen LogP contribution in [0.3, 0.4) is 0 Å². The Hall–Kier alpha value is -4.60. The minimum Gasteiger partial charge on any atom is -0.354 e. The Morgan fingerprint density at radius 1 is 0.854 bits per heavy atom. The summed E-state index contributed by atoms with van der Waals surface area (Å²) < 4.78 is 0. The maximum atomic E-state index is 14.5. The molecular weight excluding hydrogens is 619 g/mol. The monoisotopic (exact) mass is 665 g/mol. The number of carbonyl (C=O) groups is 3.